The van der Waals surface area contributed by atoms with E-state index in [1.165, 1.54) is 0 Å². The Kier molecular flexibility index (Phi) is 3.88. The van der Waals surface area contributed by atoms with Gasteiger partial charge in [-0.25, -0.2) is 0 Å². The zero-order chi connectivity index (χ0) is 9.52. The van der Waals surface area contributed by atoms with Crippen LogP contribution >= 0.6 is 0 Å². The molecule has 0 aromatic carbocycles. The molecule has 0 aliphatic heterocycles. The largest absolute Gasteiger partial charge is 0.466 e. The van der Waals surface area contributed by atoms with E-state index in [-0.39, 0.29) is 5.97 Å². The molecule has 0 aliphatic carbocycles. The third-order valence-electron chi connectivity index (χ3n) is 1.53. The molecule has 0 saturated carbocycles. The van der Waals surface area contributed by atoms with Crippen LogP contribution in [0.3, 0.4) is 0 Å². The summed E-state index contributed by atoms with van der Waals surface area (Å²) >= 11 is 0. The number of aromatic nitrogens is 1. The van der Waals surface area contributed by atoms with Crippen LogP contribution in [0.15, 0.2) is 24.5 Å². The topological polar surface area (TPSA) is 43.3 Å². The molecule has 0 amide bonds. The Bertz CT molecular complexity index is 244. The molecule has 0 bridgehead atoms. The predicted molar refractivity (Wildman–Crippen MR) is 49.9 cm³/mol. The molecule has 13 heavy (non-hydrogen) atoms. The smallest absolute Gasteiger partial charge is 0.307 e. The normalized spacial score (nSPS) is 9.62. The number of esters is 1. The van der Waals surface area contributed by atoms with Crippen LogP contribution in [0.25, 0.3) is 0 Å². The minimum atomic E-state index is -0.165. The van der Waals surface area contributed by atoms with E-state index in [0.29, 0.717) is 19.6 Å². The second kappa shape index (κ2) is 5.24. The molecule has 0 fully saturated rings. The highest BCUT2D eigenvalue weighted by atomic mass is 16.5. The Hall–Kier alpha value is -1.45. The molecule has 72 valence electrons. The molecule has 1 heterocycles. The lowest BCUT2D eigenvalue weighted by Gasteiger charge is -2.06. The lowest BCUT2D eigenvalue weighted by molar-refractivity contribution is -0.142. The minimum Gasteiger partial charge on any atom is -0.466 e. The number of carbonyl (C=O) groups is 1. The summed E-state index contributed by atoms with van der Waals surface area (Å²) in [4.78, 5) is 10.9. The first-order valence-corrected chi connectivity index (χ1v) is 4.35. The minimum absolute atomic E-state index is 0.165. The number of ether oxygens (including phenoxy) is 1. The van der Waals surface area contributed by atoms with E-state index in [0.717, 1.165) is 0 Å². The van der Waals surface area contributed by atoms with Crippen molar-refractivity contribution in [3.8, 4) is 0 Å². The van der Waals surface area contributed by atoms with Gasteiger partial charge in [0.2, 0.25) is 0 Å². The number of nitrogens with zero attached hydrogens (tertiary/aromatic N) is 1. The summed E-state index contributed by atoms with van der Waals surface area (Å²) in [6, 6.07) is 3.83. The standard InChI is InChI=1S/C9H14N2O2/c1-2-13-9(12)5-6-10-11-7-3-4-8-11/h3-4,7-8,10H,2,5-6H2,1H3. The summed E-state index contributed by atoms with van der Waals surface area (Å²) in [6.07, 6.45) is 4.16. The van der Waals surface area contributed by atoms with Crippen LogP contribution in [0.1, 0.15) is 13.3 Å². The Balaban J connectivity index is 2.11. The SMILES string of the molecule is CCOC(=O)CCNn1cccc1. The monoisotopic (exact) mass is 182 g/mol. The third kappa shape index (κ3) is 3.64. The first kappa shape index (κ1) is 9.64. The van der Waals surface area contributed by atoms with Crippen molar-refractivity contribution in [3.63, 3.8) is 0 Å². The van der Waals surface area contributed by atoms with Crippen molar-refractivity contribution in [2.24, 2.45) is 0 Å². The first-order chi connectivity index (χ1) is 6.33. The van der Waals surface area contributed by atoms with Crippen LogP contribution in [0.5, 0.6) is 0 Å². The Labute approximate surface area is 77.5 Å². The van der Waals surface area contributed by atoms with Crippen molar-refractivity contribution in [2.75, 3.05) is 18.6 Å². The van der Waals surface area contributed by atoms with Gasteiger partial charge in [-0.2, -0.15) is 0 Å². The van der Waals surface area contributed by atoms with Crippen molar-refractivity contribution >= 4 is 5.97 Å². The van der Waals surface area contributed by atoms with Crippen LogP contribution in [-0.2, 0) is 9.53 Å². The van der Waals surface area contributed by atoms with Crippen LogP contribution in [0.2, 0.25) is 0 Å². The van der Waals surface area contributed by atoms with Gasteiger partial charge in [0, 0.05) is 18.9 Å². The summed E-state index contributed by atoms with van der Waals surface area (Å²) in [6.45, 7) is 2.84. The fourth-order valence-electron chi connectivity index (χ4n) is 0.960. The van der Waals surface area contributed by atoms with Gasteiger partial charge >= 0.3 is 5.97 Å². The molecule has 0 radical (unpaired) electrons. The second-order valence-corrected chi connectivity index (χ2v) is 2.55. The van der Waals surface area contributed by atoms with Gasteiger partial charge < -0.3 is 10.2 Å². The zero-order valence-corrected chi connectivity index (χ0v) is 7.69. The maximum Gasteiger partial charge on any atom is 0.307 e. The van der Waals surface area contributed by atoms with E-state index in [1.807, 2.05) is 24.5 Å². The molecule has 0 unspecified atom stereocenters. The molecule has 1 aromatic rings. The van der Waals surface area contributed by atoms with Gasteiger partial charge in [0.05, 0.1) is 13.0 Å². The highest BCUT2D eigenvalue weighted by molar-refractivity contribution is 5.69. The van der Waals surface area contributed by atoms with Crippen LogP contribution in [0.4, 0.5) is 0 Å². The van der Waals surface area contributed by atoms with Gasteiger partial charge in [-0.15, -0.1) is 0 Å². The number of rotatable bonds is 5. The summed E-state index contributed by atoms with van der Waals surface area (Å²) < 4.78 is 6.58. The molecular formula is C9H14N2O2. The number of hydrogen-bond donors (Lipinski definition) is 1. The first-order valence-electron chi connectivity index (χ1n) is 4.35. The maximum absolute atomic E-state index is 10.9. The van der Waals surface area contributed by atoms with Crippen molar-refractivity contribution in [2.45, 2.75) is 13.3 Å². The average molecular weight is 182 g/mol. The molecule has 1 aromatic heterocycles. The highest BCUT2D eigenvalue weighted by Gasteiger charge is 1.99. The number of carbonyl (C=O) groups excluding carboxylic acids is 1. The summed E-state index contributed by atoms with van der Waals surface area (Å²) in [7, 11) is 0. The lowest BCUT2D eigenvalue weighted by Crippen LogP contribution is -2.17. The molecule has 4 heteroatoms. The highest BCUT2D eigenvalue weighted by Crippen LogP contribution is 1.88. The molecule has 0 saturated heterocycles. The van der Waals surface area contributed by atoms with E-state index in [1.54, 1.807) is 11.6 Å². The number of hydrogen-bond acceptors (Lipinski definition) is 3. The van der Waals surface area contributed by atoms with E-state index < -0.39 is 0 Å². The molecule has 4 nitrogen and oxygen atoms in total. The lowest BCUT2D eigenvalue weighted by atomic mass is 10.4. The molecular weight excluding hydrogens is 168 g/mol. The van der Waals surface area contributed by atoms with E-state index >= 15 is 0 Å². The summed E-state index contributed by atoms with van der Waals surface area (Å²) in [5.41, 5.74) is 3.03. The van der Waals surface area contributed by atoms with Gasteiger partial charge in [-0.1, -0.05) is 0 Å². The van der Waals surface area contributed by atoms with Crippen LogP contribution < -0.4 is 5.43 Å². The van der Waals surface area contributed by atoms with Gasteiger partial charge in [0.1, 0.15) is 0 Å². The van der Waals surface area contributed by atoms with Crippen molar-refractivity contribution in [3.05, 3.63) is 24.5 Å². The molecule has 0 aliphatic rings. The summed E-state index contributed by atoms with van der Waals surface area (Å²) in [5, 5.41) is 0. The maximum atomic E-state index is 10.9. The van der Waals surface area contributed by atoms with Gasteiger partial charge in [-0.3, -0.25) is 9.47 Å². The molecule has 0 atom stereocenters. The van der Waals surface area contributed by atoms with E-state index in [4.69, 9.17) is 4.74 Å². The Morgan fingerprint density at radius 1 is 1.46 bits per heavy atom. The number of nitrogens with one attached hydrogen (secondary N) is 1. The average Bonchev–Trinajstić information content (AvgIpc) is 2.57. The zero-order valence-electron chi connectivity index (χ0n) is 7.69. The van der Waals surface area contributed by atoms with E-state index in [9.17, 15) is 4.79 Å². The van der Waals surface area contributed by atoms with Crippen molar-refractivity contribution in [1.29, 1.82) is 0 Å². The predicted octanol–water partition coefficient (Wildman–Crippen LogP) is 0.985. The molecule has 0 spiro atoms. The fourth-order valence-corrected chi connectivity index (χ4v) is 0.960. The second-order valence-electron chi connectivity index (χ2n) is 2.55. The summed E-state index contributed by atoms with van der Waals surface area (Å²) in [5.74, 6) is -0.165. The van der Waals surface area contributed by atoms with Crippen molar-refractivity contribution < 1.29 is 9.53 Å². The Morgan fingerprint density at radius 2 is 2.15 bits per heavy atom. The quantitative estimate of drug-likeness (QED) is 0.690. The fraction of sp³-hybridized carbons (Fsp3) is 0.444. The Morgan fingerprint density at radius 3 is 2.77 bits per heavy atom. The van der Waals surface area contributed by atoms with Crippen molar-refractivity contribution in [1.82, 2.24) is 4.68 Å². The van der Waals surface area contributed by atoms with Crippen LogP contribution in [0, 0.1) is 0 Å². The molecule has 1 rings (SSSR count). The van der Waals surface area contributed by atoms with E-state index in [2.05, 4.69) is 5.43 Å². The third-order valence-corrected chi connectivity index (χ3v) is 1.53. The van der Waals surface area contributed by atoms with Gasteiger partial charge in [-0.05, 0) is 19.1 Å². The van der Waals surface area contributed by atoms with Gasteiger partial charge in [0.15, 0.2) is 0 Å². The van der Waals surface area contributed by atoms with Gasteiger partial charge in [0.25, 0.3) is 0 Å². The van der Waals surface area contributed by atoms with Crippen LogP contribution in [-0.4, -0.2) is 23.8 Å². The molecule has 1 N–H and O–H groups in total.